The first kappa shape index (κ1) is 39.0. The standard InChI is InChI=1S/C10H14N2O3S.C7H10N2O2S.C3H4O.2CH4.HI2.2H2/c1-3-10(13)12-8-4-6-9(7-5-8)16(14,15)11-2;1-9-12(10,11)7-4-2-6(8)3-5-7;1-2-3-4;;;1-2;;/h4-7,11H,3H2,1-2H3,(H,12,13);2-5,9H,8H2,1H3;2H,1H3;2*1H4;1H;2*1H/q;;;;;-1;;/i;;;;;1D;2*1+2. The molecule has 2 aromatic carbocycles. The molecule has 0 unspecified atom stereocenters. The molecule has 0 saturated carbocycles. The summed E-state index contributed by atoms with van der Waals surface area (Å²) < 4.78 is 55.8. The number of carbonyl (C=O) groups is 1. The molecule has 0 radical (unpaired) electrons. The van der Waals surface area contributed by atoms with E-state index in [-0.39, 0.29) is 51.8 Å². The van der Waals surface area contributed by atoms with Crippen molar-refractivity contribution in [3.05, 3.63) is 54.6 Å². The summed E-state index contributed by atoms with van der Waals surface area (Å²) in [5.74, 6) is 1.45. The van der Waals surface area contributed by atoms with Crippen LogP contribution in [-0.2, 0) is 29.6 Å². The molecule has 10 nitrogen and oxygen atoms in total. The Kier molecular flexibility index (Phi) is 24.5. The number of carbonyl (C=O) groups excluding carboxylic acids is 2. The SMILES string of the molecule is C.C.CC=C=O.CCC(=O)Nc1ccc(S(=O)(=O)NC)cc1.CNS(=O)(=O)c1ccc(N)cc1.[2H][I-]I.[3HH].[3HH]. The van der Waals surface area contributed by atoms with Gasteiger partial charge in [0.15, 0.2) is 0 Å². The zero-order valence-electron chi connectivity index (χ0n) is 20.0. The molecule has 5 N–H and O–H groups in total. The van der Waals surface area contributed by atoms with Crippen LogP contribution >= 0.6 is 18.6 Å². The molecule has 1 amide bonds. The number of nitrogen functional groups attached to an aromatic ring is 1. The first-order valence-electron chi connectivity index (χ1n) is 9.77. The summed E-state index contributed by atoms with van der Waals surface area (Å²) in [6.07, 6.45) is 1.70. The van der Waals surface area contributed by atoms with Crippen molar-refractivity contribution >= 4 is 61.9 Å². The monoisotopic (exact) mass is 780 g/mol. The Bertz CT molecular complexity index is 1150. The van der Waals surface area contributed by atoms with Gasteiger partial charge in [0.1, 0.15) is 5.94 Å². The van der Waals surface area contributed by atoms with Crippen LogP contribution in [0, 0.1) is 0 Å². The second kappa shape index (κ2) is 22.6. The van der Waals surface area contributed by atoms with Gasteiger partial charge in [-0.25, -0.2) is 31.1 Å². The average molecular weight is 781 g/mol. The van der Waals surface area contributed by atoms with Crippen molar-refractivity contribution in [1.82, 2.24) is 9.44 Å². The van der Waals surface area contributed by atoms with E-state index in [9.17, 15) is 21.6 Å². The van der Waals surface area contributed by atoms with Gasteiger partial charge in [0.25, 0.3) is 0 Å². The second-order valence-corrected chi connectivity index (χ2v) is 9.59. The van der Waals surface area contributed by atoms with Gasteiger partial charge in [-0.3, -0.25) is 4.79 Å². The van der Waals surface area contributed by atoms with Gasteiger partial charge in [-0.1, -0.05) is 21.8 Å². The molecule has 0 spiro atoms. The van der Waals surface area contributed by atoms with Crippen LogP contribution in [0.1, 0.15) is 38.0 Å². The second-order valence-electron chi connectivity index (χ2n) is 5.82. The normalized spacial score (nSPS) is 9.86. The number of hydrogen-bond acceptors (Lipinski definition) is 7. The van der Waals surface area contributed by atoms with Gasteiger partial charge >= 0.3 is 37.6 Å². The first-order chi connectivity index (χ1) is 16.4. The molecule has 0 atom stereocenters. The van der Waals surface area contributed by atoms with Crippen LogP contribution in [0.4, 0.5) is 11.4 Å². The van der Waals surface area contributed by atoms with Gasteiger partial charge in [0, 0.05) is 20.6 Å². The van der Waals surface area contributed by atoms with Gasteiger partial charge in [0.2, 0.25) is 26.0 Å². The first-order valence-corrected chi connectivity index (χ1v) is 18.6. The van der Waals surface area contributed by atoms with Crippen molar-refractivity contribution in [3.8, 4) is 0 Å². The van der Waals surface area contributed by atoms with E-state index in [2.05, 4.69) is 33.4 Å². The maximum Gasteiger partial charge on any atom is 0 e. The predicted octanol–water partition coefficient (Wildman–Crippen LogP) is 0.900. The largest absolute Gasteiger partial charge is 0 e. The summed E-state index contributed by atoms with van der Waals surface area (Å²) in [4.78, 5) is 20.5. The summed E-state index contributed by atoms with van der Waals surface area (Å²) in [5.41, 5.74) is 6.53. The molecule has 2 rings (SSSR count). The molecular formula is C22H41I2N4O6S2-. The zero-order valence-corrected chi connectivity index (χ0v) is 25.0. The van der Waals surface area contributed by atoms with Gasteiger partial charge in [-0.15, -0.1) is 0 Å². The Morgan fingerprint density at radius 3 is 1.64 bits per heavy atom. The van der Waals surface area contributed by atoms with E-state index in [4.69, 9.17) is 11.1 Å². The van der Waals surface area contributed by atoms with Crippen molar-refractivity contribution in [2.45, 2.75) is 44.9 Å². The number of anilines is 2. The molecule has 0 heterocycles. The number of amides is 1. The Balaban J connectivity index is -0.000000106. The van der Waals surface area contributed by atoms with Crippen molar-refractivity contribution in [3.63, 3.8) is 0 Å². The fourth-order valence-corrected chi connectivity index (χ4v) is 3.31. The van der Waals surface area contributed by atoms with Crippen LogP contribution < -0.4 is 38.9 Å². The topological polar surface area (TPSA) is 165 Å². The molecule has 0 bridgehead atoms. The van der Waals surface area contributed by atoms with E-state index in [0.29, 0.717) is 17.8 Å². The third kappa shape index (κ3) is 17.0. The van der Waals surface area contributed by atoms with Gasteiger partial charge in [-0.05, 0) is 75.6 Å². The van der Waals surface area contributed by atoms with Crippen molar-refractivity contribution in [2.75, 3.05) is 25.1 Å². The summed E-state index contributed by atoms with van der Waals surface area (Å²) >= 11 is 1.88. The van der Waals surface area contributed by atoms with Crippen LogP contribution in [0.15, 0.2) is 64.4 Å². The van der Waals surface area contributed by atoms with Crippen molar-refractivity contribution < 1.29 is 47.7 Å². The molecule has 0 aromatic heterocycles. The molecule has 0 fully saturated rings. The average Bonchev–Trinajstić information content (AvgIpc) is 2.85. The number of benzene rings is 2. The molecule has 0 aliphatic heterocycles. The number of sulfonamides is 2. The molecular weight excluding hydrogens is 734 g/mol. The molecule has 0 saturated heterocycles. The fraction of sp³-hybridized carbons (Fsp3) is 0.318. The minimum absolute atomic E-state index is 0. The zero-order chi connectivity index (χ0) is 27.5. The number of allylic oxidation sites excluding steroid dienone is 1. The number of nitrogens with two attached hydrogens (primary N) is 1. The number of nitrogens with one attached hydrogen (secondary N) is 3. The number of halogens is 2. The summed E-state index contributed by atoms with van der Waals surface area (Å²) in [5, 5.41) is 2.63. The van der Waals surface area contributed by atoms with Crippen LogP contribution in [0.2, 0.25) is 0 Å². The maximum atomic E-state index is 11.4. The van der Waals surface area contributed by atoms with E-state index in [1.165, 1.54) is 44.4 Å². The summed E-state index contributed by atoms with van der Waals surface area (Å²) in [7, 11) is -4.02. The number of rotatable bonds is 6. The van der Waals surface area contributed by atoms with Gasteiger partial charge in [0.05, 0.1) is 9.79 Å². The van der Waals surface area contributed by atoms with E-state index >= 15 is 0 Å². The quantitative estimate of drug-likeness (QED) is 0.192. The van der Waals surface area contributed by atoms with Crippen LogP contribution in [0.3, 0.4) is 0 Å². The van der Waals surface area contributed by atoms with E-state index in [1.807, 2.05) is 0 Å². The molecule has 36 heavy (non-hydrogen) atoms. The Hall–Kier alpha value is -1.56. The van der Waals surface area contributed by atoms with E-state index in [0.717, 1.165) is 0 Å². The van der Waals surface area contributed by atoms with Crippen LogP contribution in [0.5, 0.6) is 0 Å². The summed E-state index contributed by atoms with van der Waals surface area (Å²) in [6.45, 7) is 3.38. The number of hydrogen-bond donors (Lipinski definition) is 4. The van der Waals surface area contributed by atoms with Crippen LogP contribution in [-0.4, -0.2) is 43.4 Å². The molecule has 212 valence electrons. The smallest absolute Gasteiger partial charge is 0 e. The Labute approximate surface area is 242 Å². The van der Waals surface area contributed by atoms with Crippen LogP contribution in [0.25, 0.3) is 0 Å². The van der Waals surface area contributed by atoms with Gasteiger partial charge < -0.3 is 11.1 Å². The van der Waals surface area contributed by atoms with Crippen molar-refractivity contribution in [2.24, 2.45) is 0 Å². The Morgan fingerprint density at radius 2 is 1.36 bits per heavy atom. The summed E-state index contributed by atoms with van der Waals surface area (Å²) in [6, 6.07) is 12.0. The minimum Gasteiger partial charge on any atom is 0 e. The Morgan fingerprint density at radius 1 is 1.03 bits per heavy atom. The van der Waals surface area contributed by atoms with E-state index < -0.39 is 20.0 Å². The molecule has 2 aromatic rings. The molecule has 0 aliphatic carbocycles. The van der Waals surface area contributed by atoms with E-state index in [1.54, 1.807) is 44.1 Å². The minimum atomic E-state index is -3.41. The predicted molar refractivity (Wildman–Crippen MR) is 158 cm³/mol. The maximum absolute atomic E-state index is 11.4. The van der Waals surface area contributed by atoms with Crippen molar-refractivity contribution in [1.29, 1.82) is 0.594 Å². The fourth-order valence-electron chi connectivity index (χ4n) is 1.85. The third-order valence-electron chi connectivity index (χ3n) is 3.62. The van der Waals surface area contributed by atoms with Gasteiger partial charge in [-0.2, -0.15) is 0 Å². The molecule has 0 aliphatic rings. The third-order valence-corrected chi connectivity index (χ3v) is 6.48. The molecule has 14 heteroatoms.